The first-order valence-corrected chi connectivity index (χ1v) is 5.77. The van der Waals surface area contributed by atoms with Crippen molar-refractivity contribution >= 4 is 23.3 Å². The van der Waals surface area contributed by atoms with Gasteiger partial charge in [0.25, 0.3) is 0 Å². The van der Waals surface area contributed by atoms with Crippen molar-refractivity contribution < 1.29 is 9.53 Å². The minimum absolute atomic E-state index is 0.364. The molecule has 0 aliphatic heterocycles. The van der Waals surface area contributed by atoms with E-state index in [1.807, 2.05) is 37.3 Å². The smallest absolute Gasteiger partial charge is 0.333 e. The van der Waals surface area contributed by atoms with E-state index in [4.69, 9.17) is 17.0 Å². The normalized spacial score (nSPS) is 11.4. The van der Waals surface area contributed by atoms with Crippen LogP contribution in [0.5, 0.6) is 0 Å². The molecule has 92 valence electrons. The molecule has 0 saturated heterocycles. The second-order valence-electron chi connectivity index (χ2n) is 3.37. The topological polar surface area (TPSA) is 50.4 Å². The Morgan fingerprint density at radius 2 is 2.06 bits per heavy atom. The largest absolute Gasteiger partial charge is 0.467 e. The zero-order valence-corrected chi connectivity index (χ0v) is 10.7. The van der Waals surface area contributed by atoms with Crippen LogP contribution in [0.25, 0.3) is 0 Å². The number of methoxy groups -OCH3 is 1. The second-order valence-corrected chi connectivity index (χ2v) is 3.78. The number of rotatable bonds is 4. The third-order valence-corrected chi connectivity index (χ3v) is 2.44. The van der Waals surface area contributed by atoms with E-state index in [0.29, 0.717) is 11.7 Å². The molecular formula is C12H16N2O2S. The lowest BCUT2D eigenvalue weighted by Gasteiger charge is -2.18. The zero-order valence-electron chi connectivity index (χ0n) is 9.90. The van der Waals surface area contributed by atoms with Crippen LogP contribution in [-0.2, 0) is 9.53 Å². The molecular weight excluding hydrogens is 236 g/mol. The lowest BCUT2D eigenvalue weighted by Crippen LogP contribution is -2.40. The molecule has 17 heavy (non-hydrogen) atoms. The summed E-state index contributed by atoms with van der Waals surface area (Å²) in [7, 11) is 1.36. The molecule has 0 amide bonds. The summed E-state index contributed by atoms with van der Waals surface area (Å²) in [5.41, 5.74) is 0.819. The molecule has 0 fully saturated rings. The maximum absolute atomic E-state index is 11.7. The van der Waals surface area contributed by atoms with Gasteiger partial charge in [-0.05, 0) is 24.7 Å². The molecule has 2 N–H and O–H groups in total. The van der Waals surface area contributed by atoms with Gasteiger partial charge in [-0.15, -0.1) is 0 Å². The van der Waals surface area contributed by atoms with Gasteiger partial charge in [0.05, 0.1) is 7.11 Å². The predicted molar refractivity (Wildman–Crippen MR) is 70.6 cm³/mol. The molecule has 0 saturated carbocycles. The van der Waals surface area contributed by atoms with E-state index in [1.54, 1.807) is 0 Å². The maximum Gasteiger partial charge on any atom is 0.333 e. The van der Waals surface area contributed by atoms with Gasteiger partial charge >= 0.3 is 5.97 Å². The molecule has 0 radical (unpaired) electrons. The minimum atomic E-state index is -0.576. The van der Waals surface area contributed by atoms with Gasteiger partial charge in [0.2, 0.25) is 0 Å². The van der Waals surface area contributed by atoms with Crippen molar-refractivity contribution in [2.75, 3.05) is 13.7 Å². The number of esters is 1. The van der Waals surface area contributed by atoms with Crippen LogP contribution in [0.4, 0.5) is 0 Å². The highest BCUT2D eigenvalue weighted by atomic mass is 32.1. The lowest BCUT2D eigenvalue weighted by atomic mass is 10.1. The minimum Gasteiger partial charge on any atom is -0.467 e. The van der Waals surface area contributed by atoms with Gasteiger partial charge in [0.1, 0.15) is 0 Å². The van der Waals surface area contributed by atoms with Gasteiger partial charge in [0.15, 0.2) is 11.2 Å². The van der Waals surface area contributed by atoms with Crippen molar-refractivity contribution in [3.63, 3.8) is 0 Å². The highest BCUT2D eigenvalue weighted by Crippen LogP contribution is 2.13. The third-order valence-electron chi connectivity index (χ3n) is 2.18. The van der Waals surface area contributed by atoms with E-state index in [9.17, 15) is 4.79 Å². The van der Waals surface area contributed by atoms with E-state index < -0.39 is 6.04 Å². The molecule has 1 aromatic carbocycles. The SMILES string of the molecule is CCNC(=S)NC(C(=O)OC)c1ccccc1. The Hall–Kier alpha value is -1.62. The summed E-state index contributed by atoms with van der Waals surface area (Å²) in [4.78, 5) is 11.7. The fourth-order valence-electron chi connectivity index (χ4n) is 1.38. The van der Waals surface area contributed by atoms with Gasteiger partial charge in [-0.2, -0.15) is 0 Å². The number of thiocarbonyl (C=S) groups is 1. The first-order valence-electron chi connectivity index (χ1n) is 5.36. The highest BCUT2D eigenvalue weighted by molar-refractivity contribution is 7.80. The van der Waals surface area contributed by atoms with E-state index in [1.165, 1.54) is 7.11 Å². The summed E-state index contributed by atoms with van der Waals surface area (Å²) in [5, 5.41) is 6.30. The highest BCUT2D eigenvalue weighted by Gasteiger charge is 2.21. The predicted octanol–water partition coefficient (Wildman–Crippen LogP) is 1.38. The Morgan fingerprint density at radius 3 is 2.59 bits per heavy atom. The van der Waals surface area contributed by atoms with Crippen molar-refractivity contribution in [1.82, 2.24) is 10.6 Å². The number of hydrogen-bond donors (Lipinski definition) is 2. The van der Waals surface area contributed by atoms with E-state index >= 15 is 0 Å². The summed E-state index contributed by atoms with van der Waals surface area (Å²) < 4.78 is 4.76. The molecule has 0 aliphatic carbocycles. The van der Waals surface area contributed by atoms with Crippen LogP contribution in [0.15, 0.2) is 30.3 Å². The van der Waals surface area contributed by atoms with Crippen LogP contribution in [0.3, 0.4) is 0 Å². The average Bonchev–Trinajstić information content (AvgIpc) is 2.36. The van der Waals surface area contributed by atoms with E-state index in [0.717, 1.165) is 5.56 Å². The van der Waals surface area contributed by atoms with Crippen molar-refractivity contribution in [2.24, 2.45) is 0 Å². The molecule has 5 heteroatoms. The molecule has 0 bridgehead atoms. The summed E-state index contributed by atoms with van der Waals surface area (Å²) >= 11 is 5.07. The van der Waals surface area contributed by atoms with Crippen LogP contribution in [0.2, 0.25) is 0 Å². The molecule has 4 nitrogen and oxygen atoms in total. The summed E-state index contributed by atoms with van der Waals surface area (Å²) in [6.07, 6.45) is 0. The van der Waals surface area contributed by atoms with Gasteiger partial charge in [-0.3, -0.25) is 0 Å². The van der Waals surface area contributed by atoms with E-state index in [-0.39, 0.29) is 5.97 Å². The molecule has 0 aromatic heterocycles. The number of nitrogens with one attached hydrogen (secondary N) is 2. The van der Waals surface area contributed by atoms with Gasteiger partial charge in [0, 0.05) is 6.54 Å². The van der Waals surface area contributed by atoms with Crippen LogP contribution in [0.1, 0.15) is 18.5 Å². The first kappa shape index (κ1) is 13.4. The van der Waals surface area contributed by atoms with Gasteiger partial charge < -0.3 is 15.4 Å². The lowest BCUT2D eigenvalue weighted by molar-refractivity contribution is -0.142. The molecule has 0 spiro atoms. The molecule has 0 heterocycles. The van der Waals surface area contributed by atoms with Crippen LogP contribution in [0, 0.1) is 0 Å². The van der Waals surface area contributed by atoms with Crippen LogP contribution in [-0.4, -0.2) is 24.7 Å². The molecule has 1 aromatic rings. The summed E-state index contributed by atoms with van der Waals surface area (Å²) in [6, 6.07) is 8.74. The Labute approximate surface area is 106 Å². The maximum atomic E-state index is 11.7. The van der Waals surface area contributed by atoms with Crippen molar-refractivity contribution in [3.8, 4) is 0 Å². The molecule has 1 atom stereocenters. The molecule has 1 rings (SSSR count). The number of ether oxygens (including phenoxy) is 1. The zero-order chi connectivity index (χ0) is 12.7. The Morgan fingerprint density at radius 1 is 1.41 bits per heavy atom. The second kappa shape index (κ2) is 6.85. The molecule has 0 aliphatic rings. The van der Waals surface area contributed by atoms with Gasteiger partial charge in [-0.1, -0.05) is 30.3 Å². The quantitative estimate of drug-likeness (QED) is 0.626. The monoisotopic (exact) mass is 252 g/mol. The van der Waals surface area contributed by atoms with Crippen LogP contribution < -0.4 is 10.6 Å². The Balaban J connectivity index is 2.82. The van der Waals surface area contributed by atoms with Crippen molar-refractivity contribution in [1.29, 1.82) is 0 Å². The summed E-state index contributed by atoms with van der Waals surface area (Å²) in [5.74, 6) is -0.364. The number of carbonyl (C=O) groups excluding carboxylic acids is 1. The number of hydrogen-bond acceptors (Lipinski definition) is 3. The average molecular weight is 252 g/mol. The number of carbonyl (C=O) groups is 1. The molecule has 1 unspecified atom stereocenters. The van der Waals surface area contributed by atoms with E-state index in [2.05, 4.69) is 10.6 Å². The third kappa shape index (κ3) is 4.03. The fourth-order valence-corrected chi connectivity index (χ4v) is 1.65. The summed E-state index contributed by atoms with van der Waals surface area (Å²) in [6.45, 7) is 2.64. The van der Waals surface area contributed by atoms with Gasteiger partial charge in [-0.25, -0.2) is 4.79 Å². The van der Waals surface area contributed by atoms with Crippen LogP contribution >= 0.6 is 12.2 Å². The first-order chi connectivity index (χ1) is 8.19. The van der Waals surface area contributed by atoms with Crippen molar-refractivity contribution in [3.05, 3.63) is 35.9 Å². The Bertz CT molecular complexity index is 381. The fraction of sp³-hybridized carbons (Fsp3) is 0.333. The number of benzene rings is 1. The standard InChI is InChI=1S/C12H16N2O2S/c1-3-13-12(17)14-10(11(15)16-2)9-7-5-4-6-8-9/h4-8,10H,3H2,1-2H3,(H2,13,14,17). The van der Waals surface area contributed by atoms with Crippen molar-refractivity contribution in [2.45, 2.75) is 13.0 Å². The Kier molecular flexibility index (Phi) is 5.42.